The number of imidazole rings is 1. The average Bonchev–Trinajstić information content (AvgIpc) is 3.42. The number of benzene rings is 3. The number of ether oxygens (including phenoxy) is 1. The number of thioether (sulfide) groups is 1. The first-order valence-electron chi connectivity index (χ1n) is 14.0. The van der Waals surface area contributed by atoms with Crippen molar-refractivity contribution < 1.29 is 14.3 Å². The number of carbonyl (C=O) groups is 2. The van der Waals surface area contributed by atoms with Crippen LogP contribution in [0.25, 0.3) is 6.08 Å². The molecule has 0 radical (unpaired) electrons. The van der Waals surface area contributed by atoms with Gasteiger partial charge in [-0.25, -0.2) is 4.98 Å². The van der Waals surface area contributed by atoms with Crippen LogP contribution >= 0.6 is 11.8 Å². The summed E-state index contributed by atoms with van der Waals surface area (Å²) in [4.78, 5) is 31.5. The summed E-state index contributed by atoms with van der Waals surface area (Å²) in [5.41, 5.74) is 4.92. The molecular formula is C34H35N3O3S. The van der Waals surface area contributed by atoms with Crippen molar-refractivity contribution in [3.8, 4) is 0 Å². The third-order valence-corrected chi connectivity index (χ3v) is 8.64. The smallest absolute Gasteiger partial charge is 0.325 e. The quantitative estimate of drug-likeness (QED) is 0.179. The lowest BCUT2D eigenvalue weighted by Crippen LogP contribution is -2.52. The lowest BCUT2D eigenvalue weighted by atomic mass is 9.74. The molecule has 0 aliphatic carbocycles. The monoisotopic (exact) mass is 565 g/mol. The Bertz CT molecular complexity index is 1390. The second-order valence-corrected chi connectivity index (χ2v) is 11.5. The van der Waals surface area contributed by atoms with E-state index in [1.54, 1.807) is 30.9 Å². The van der Waals surface area contributed by atoms with Gasteiger partial charge in [0.05, 0.1) is 30.4 Å². The summed E-state index contributed by atoms with van der Waals surface area (Å²) in [6, 6.07) is 31.9. The van der Waals surface area contributed by atoms with Gasteiger partial charge >= 0.3 is 5.97 Å². The summed E-state index contributed by atoms with van der Waals surface area (Å²) < 4.78 is 6.98. The average molecular weight is 566 g/mol. The summed E-state index contributed by atoms with van der Waals surface area (Å²) in [5.74, 6) is -0.304. The third kappa shape index (κ3) is 6.21. The molecule has 1 saturated heterocycles. The van der Waals surface area contributed by atoms with Gasteiger partial charge in [0.25, 0.3) is 0 Å². The van der Waals surface area contributed by atoms with Gasteiger partial charge in [0.15, 0.2) is 5.12 Å². The van der Waals surface area contributed by atoms with E-state index in [-0.39, 0.29) is 22.9 Å². The van der Waals surface area contributed by atoms with Crippen LogP contribution in [0.4, 0.5) is 0 Å². The Labute approximate surface area is 246 Å². The zero-order valence-corrected chi connectivity index (χ0v) is 24.3. The molecule has 0 bridgehead atoms. The zero-order valence-electron chi connectivity index (χ0n) is 23.5. The van der Waals surface area contributed by atoms with E-state index in [1.807, 2.05) is 0 Å². The van der Waals surface area contributed by atoms with Gasteiger partial charge in [-0.1, -0.05) is 103 Å². The van der Waals surface area contributed by atoms with Crippen molar-refractivity contribution in [2.24, 2.45) is 0 Å². The molecule has 1 aliphatic heterocycles. The second kappa shape index (κ2) is 13.1. The number of hydrogen-bond donors (Lipinski definition) is 0. The SMILES string of the molecule is CCOC(=O)Cn1cncc1C=C1CN(C(c2ccccc2)(c2ccccc2)c2ccccc2)CCC1SC(C)=O. The summed E-state index contributed by atoms with van der Waals surface area (Å²) in [5, 5.41) is 0.115. The Morgan fingerprint density at radius 1 is 0.951 bits per heavy atom. The number of esters is 1. The minimum absolute atomic E-state index is 0.0229. The fraction of sp³-hybridized carbons (Fsp3) is 0.265. The highest BCUT2D eigenvalue weighted by Gasteiger charge is 2.44. The molecule has 41 heavy (non-hydrogen) atoms. The number of aromatic nitrogens is 2. The Morgan fingerprint density at radius 3 is 2.02 bits per heavy atom. The first-order valence-corrected chi connectivity index (χ1v) is 14.9. The molecule has 3 aromatic carbocycles. The summed E-state index contributed by atoms with van der Waals surface area (Å²) in [7, 11) is 0. The van der Waals surface area contributed by atoms with Crippen LogP contribution in [-0.4, -0.2) is 50.5 Å². The van der Waals surface area contributed by atoms with Gasteiger partial charge in [0.1, 0.15) is 6.54 Å². The van der Waals surface area contributed by atoms with Gasteiger partial charge in [-0.2, -0.15) is 0 Å². The lowest BCUT2D eigenvalue weighted by molar-refractivity contribution is -0.143. The highest BCUT2D eigenvalue weighted by molar-refractivity contribution is 8.14. The maximum Gasteiger partial charge on any atom is 0.325 e. The molecular weight excluding hydrogens is 530 g/mol. The molecule has 6 nitrogen and oxygen atoms in total. The summed E-state index contributed by atoms with van der Waals surface area (Å²) in [6.07, 6.45) is 6.32. The minimum atomic E-state index is -0.556. The van der Waals surface area contributed by atoms with E-state index < -0.39 is 5.54 Å². The Kier molecular flexibility index (Phi) is 9.17. The van der Waals surface area contributed by atoms with Crippen molar-refractivity contribution in [1.29, 1.82) is 0 Å². The molecule has 0 spiro atoms. The molecule has 7 heteroatoms. The van der Waals surface area contributed by atoms with Gasteiger partial charge in [0.2, 0.25) is 0 Å². The maximum absolute atomic E-state index is 12.3. The number of rotatable bonds is 9. The molecule has 2 heterocycles. The van der Waals surface area contributed by atoms with Crippen molar-refractivity contribution in [3.05, 3.63) is 131 Å². The van der Waals surface area contributed by atoms with Crippen LogP contribution in [-0.2, 0) is 26.4 Å². The van der Waals surface area contributed by atoms with Crippen molar-refractivity contribution in [3.63, 3.8) is 0 Å². The Balaban J connectivity index is 1.64. The zero-order chi connectivity index (χ0) is 28.7. The van der Waals surface area contributed by atoms with Gasteiger partial charge in [-0.15, -0.1) is 0 Å². The number of piperidine rings is 1. The predicted octanol–water partition coefficient (Wildman–Crippen LogP) is 6.18. The van der Waals surface area contributed by atoms with Crippen molar-refractivity contribution in [2.75, 3.05) is 19.7 Å². The minimum Gasteiger partial charge on any atom is -0.465 e. The normalized spacial score (nSPS) is 16.9. The first kappa shape index (κ1) is 28.6. The van der Waals surface area contributed by atoms with Crippen molar-refractivity contribution >= 4 is 28.9 Å². The van der Waals surface area contributed by atoms with Crippen LogP contribution in [0.15, 0.2) is 109 Å². The van der Waals surface area contributed by atoms with Crippen LogP contribution in [0, 0.1) is 0 Å². The number of carbonyl (C=O) groups excluding carboxylic acids is 2. The molecule has 1 aliphatic rings. The van der Waals surface area contributed by atoms with Gasteiger partial charge in [-0.3, -0.25) is 14.5 Å². The summed E-state index contributed by atoms with van der Waals surface area (Å²) in [6.45, 7) is 5.27. The van der Waals surface area contributed by atoms with Crippen LogP contribution in [0.3, 0.4) is 0 Å². The van der Waals surface area contributed by atoms with Crippen LogP contribution in [0.5, 0.6) is 0 Å². The van der Waals surface area contributed by atoms with E-state index in [0.717, 1.165) is 24.2 Å². The topological polar surface area (TPSA) is 64.4 Å². The van der Waals surface area contributed by atoms with Gasteiger partial charge in [0, 0.05) is 25.3 Å². The number of likely N-dealkylation sites (tertiary alicyclic amines) is 1. The molecule has 1 aromatic heterocycles. The van der Waals surface area contributed by atoms with Crippen molar-refractivity contribution in [2.45, 2.75) is 37.6 Å². The standard InChI is InChI=1S/C34H35N3O3S/c1-3-40-33(39)24-36-25-35-22-31(36)21-27-23-37(20-19-32(27)41-26(2)38)34(28-13-7-4-8-14-28,29-15-9-5-10-16-29)30-17-11-6-12-18-30/h4-18,21-22,25,32H,3,19-20,23-24H2,1-2H3. The van der Waals surface area contributed by atoms with Crippen molar-refractivity contribution in [1.82, 2.24) is 14.5 Å². The van der Waals surface area contributed by atoms with E-state index >= 15 is 0 Å². The summed E-state index contributed by atoms with van der Waals surface area (Å²) >= 11 is 1.38. The molecule has 1 unspecified atom stereocenters. The molecule has 1 atom stereocenters. The molecule has 0 saturated carbocycles. The van der Waals surface area contributed by atoms with Crippen LogP contribution < -0.4 is 0 Å². The lowest BCUT2D eigenvalue weighted by Gasteiger charge is -2.49. The molecule has 0 amide bonds. The van der Waals surface area contributed by atoms with Gasteiger partial charge < -0.3 is 9.30 Å². The Hall–Kier alpha value is -3.94. The Morgan fingerprint density at radius 2 is 1.51 bits per heavy atom. The highest BCUT2D eigenvalue weighted by atomic mass is 32.2. The highest BCUT2D eigenvalue weighted by Crippen LogP contribution is 2.45. The van der Waals surface area contributed by atoms with E-state index in [1.165, 1.54) is 28.5 Å². The van der Waals surface area contributed by atoms with E-state index in [9.17, 15) is 9.59 Å². The third-order valence-electron chi connectivity index (χ3n) is 7.49. The number of nitrogens with zero attached hydrogens (tertiary/aromatic N) is 3. The molecule has 4 aromatic rings. The predicted molar refractivity (Wildman–Crippen MR) is 164 cm³/mol. The largest absolute Gasteiger partial charge is 0.465 e. The first-order chi connectivity index (χ1) is 20.0. The fourth-order valence-corrected chi connectivity index (χ4v) is 6.74. The second-order valence-electron chi connectivity index (χ2n) is 10.1. The molecule has 0 N–H and O–H groups in total. The van der Waals surface area contributed by atoms with E-state index in [4.69, 9.17) is 4.74 Å². The van der Waals surface area contributed by atoms with Crippen LogP contribution in [0.2, 0.25) is 0 Å². The molecule has 210 valence electrons. The van der Waals surface area contributed by atoms with E-state index in [2.05, 4.69) is 107 Å². The molecule has 1 fully saturated rings. The van der Waals surface area contributed by atoms with Crippen LogP contribution in [0.1, 0.15) is 42.7 Å². The maximum atomic E-state index is 12.3. The number of hydrogen-bond acceptors (Lipinski definition) is 6. The molecule has 5 rings (SSSR count). The van der Waals surface area contributed by atoms with E-state index in [0.29, 0.717) is 13.2 Å². The van der Waals surface area contributed by atoms with Gasteiger partial charge in [-0.05, 0) is 41.7 Å². The fourth-order valence-electron chi connectivity index (χ4n) is 5.82.